The number of fused-ring (bicyclic) bond motifs is 1. The molecule has 2 heterocycles. The lowest BCUT2D eigenvalue weighted by Crippen LogP contribution is -2.25. The van der Waals surface area contributed by atoms with Gasteiger partial charge in [0.05, 0.1) is 21.8 Å². The Bertz CT molecular complexity index is 1170. The molecule has 1 N–H and O–H groups in total. The molecule has 5 nitrogen and oxygen atoms in total. The van der Waals surface area contributed by atoms with Crippen molar-refractivity contribution in [1.29, 1.82) is 0 Å². The van der Waals surface area contributed by atoms with Gasteiger partial charge in [-0.25, -0.2) is 4.98 Å². The molecule has 4 aromatic rings. The Kier molecular flexibility index (Phi) is 4.77. The maximum absolute atomic E-state index is 12.7. The Balaban J connectivity index is 1.38. The molecule has 0 bridgehead atoms. The molecule has 1 aliphatic carbocycles. The zero-order valence-corrected chi connectivity index (χ0v) is 16.5. The summed E-state index contributed by atoms with van der Waals surface area (Å²) in [5, 5.41) is 8.93. The van der Waals surface area contributed by atoms with E-state index in [1.54, 1.807) is 11.8 Å². The number of carbonyl (C=O) groups excluding carboxylic acids is 1. The lowest BCUT2D eigenvalue weighted by Gasteiger charge is -2.09. The van der Waals surface area contributed by atoms with Crippen LogP contribution in [0.3, 0.4) is 0 Å². The first kappa shape index (κ1) is 17.9. The number of hydrogen-bond donors (Lipinski definition) is 1. The zero-order valence-electron chi connectivity index (χ0n) is 15.7. The fourth-order valence-electron chi connectivity index (χ4n) is 3.17. The number of amides is 1. The van der Waals surface area contributed by atoms with Crippen LogP contribution < -0.4 is 5.32 Å². The molecule has 1 fully saturated rings. The smallest absolute Gasteiger partial charge is 0.252 e. The molecule has 0 radical (unpaired) electrons. The number of pyridine rings is 1. The largest absolute Gasteiger partial charge is 0.356 e. The van der Waals surface area contributed by atoms with Gasteiger partial charge in [-0.2, -0.15) is 0 Å². The summed E-state index contributed by atoms with van der Waals surface area (Å²) in [5.74, 6) is 1.34. The number of nitrogens with one attached hydrogen (secondary N) is 1. The predicted molar refractivity (Wildman–Crippen MR) is 114 cm³/mol. The molecule has 1 amide bonds. The highest BCUT2D eigenvalue weighted by molar-refractivity contribution is 7.98. The van der Waals surface area contributed by atoms with Crippen LogP contribution in [0.1, 0.15) is 28.9 Å². The van der Waals surface area contributed by atoms with Crippen molar-refractivity contribution >= 4 is 28.6 Å². The molecule has 29 heavy (non-hydrogen) atoms. The van der Waals surface area contributed by atoms with E-state index in [0.29, 0.717) is 17.4 Å². The number of hydrogen-bond acceptors (Lipinski definition) is 5. The normalized spacial score (nSPS) is 13.5. The highest BCUT2D eigenvalue weighted by Crippen LogP contribution is 2.29. The summed E-state index contributed by atoms with van der Waals surface area (Å²) in [6, 6.07) is 21.8. The van der Waals surface area contributed by atoms with Crippen LogP contribution in [-0.2, 0) is 5.75 Å². The Morgan fingerprint density at radius 3 is 2.69 bits per heavy atom. The first-order valence-corrected chi connectivity index (χ1v) is 10.6. The molecule has 2 aromatic heterocycles. The second-order valence-electron chi connectivity index (χ2n) is 7.11. The van der Waals surface area contributed by atoms with Gasteiger partial charge in [-0.1, -0.05) is 65.4 Å². The van der Waals surface area contributed by atoms with Gasteiger partial charge in [-0.05, 0) is 25.0 Å². The summed E-state index contributed by atoms with van der Waals surface area (Å²) in [4.78, 5) is 17.4. The van der Waals surface area contributed by atoms with Gasteiger partial charge in [-0.3, -0.25) is 4.79 Å². The maximum atomic E-state index is 12.7. The summed E-state index contributed by atoms with van der Waals surface area (Å²) in [6.45, 7) is 0. The van der Waals surface area contributed by atoms with Crippen LogP contribution in [0.5, 0.6) is 0 Å². The van der Waals surface area contributed by atoms with Crippen LogP contribution in [0.25, 0.3) is 22.2 Å². The second kappa shape index (κ2) is 7.72. The Morgan fingerprint density at radius 1 is 1.07 bits per heavy atom. The maximum Gasteiger partial charge on any atom is 0.252 e. The highest BCUT2D eigenvalue weighted by atomic mass is 32.2. The molecule has 144 valence electrons. The molecule has 1 saturated carbocycles. The van der Waals surface area contributed by atoms with E-state index in [1.807, 2.05) is 66.7 Å². The van der Waals surface area contributed by atoms with Crippen molar-refractivity contribution in [2.45, 2.75) is 29.7 Å². The van der Waals surface area contributed by atoms with E-state index in [0.717, 1.165) is 45.8 Å². The van der Waals surface area contributed by atoms with E-state index in [4.69, 9.17) is 9.51 Å². The Labute approximate surface area is 172 Å². The predicted octanol–water partition coefficient (Wildman–Crippen LogP) is 5.07. The number of thioether (sulfide) groups is 1. The number of nitrogens with zero attached hydrogens (tertiary/aromatic N) is 2. The minimum atomic E-state index is -0.0271. The Hall–Kier alpha value is -3.12. The highest BCUT2D eigenvalue weighted by Gasteiger charge is 2.25. The molecule has 0 aliphatic heterocycles. The topological polar surface area (TPSA) is 68.0 Å². The van der Waals surface area contributed by atoms with E-state index in [2.05, 4.69) is 10.5 Å². The van der Waals surface area contributed by atoms with Crippen LogP contribution in [0.2, 0.25) is 0 Å². The third-order valence-electron chi connectivity index (χ3n) is 4.84. The van der Waals surface area contributed by atoms with Gasteiger partial charge in [0, 0.05) is 28.8 Å². The van der Waals surface area contributed by atoms with E-state index >= 15 is 0 Å². The van der Waals surface area contributed by atoms with Gasteiger partial charge >= 0.3 is 0 Å². The Morgan fingerprint density at radius 2 is 1.86 bits per heavy atom. The van der Waals surface area contributed by atoms with Crippen molar-refractivity contribution in [3.63, 3.8) is 0 Å². The van der Waals surface area contributed by atoms with Crippen LogP contribution in [-0.4, -0.2) is 22.1 Å². The summed E-state index contributed by atoms with van der Waals surface area (Å²) in [7, 11) is 0. The fraction of sp³-hybridized carbons (Fsp3) is 0.174. The van der Waals surface area contributed by atoms with Crippen molar-refractivity contribution in [3.05, 3.63) is 78.0 Å². The molecule has 0 spiro atoms. The van der Waals surface area contributed by atoms with Gasteiger partial charge in [0.1, 0.15) is 0 Å². The van der Waals surface area contributed by atoms with Crippen LogP contribution in [0, 0.1) is 0 Å². The van der Waals surface area contributed by atoms with Gasteiger partial charge in [-0.15, -0.1) is 0 Å². The van der Waals surface area contributed by atoms with Crippen LogP contribution in [0.4, 0.5) is 0 Å². The average molecular weight is 401 g/mol. The van der Waals surface area contributed by atoms with Crippen molar-refractivity contribution in [2.75, 3.05) is 0 Å². The minimum Gasteiger partial charge on any atom is -0.356 e. The van der Waals surface area contributed by atoms with Gasteiger partial charge in [0.2, 0.25) is 0 Å². The van der Waals surface area contributed by atoms with Gasteiger partial charge in [0.25, 0.3) is 5.91 Å². The van der Waals surface area contributed by atoms with Crippen molar-refractivity contribution in [1.82, 2.24) is 15.5 Å². The molecular weight excluding hydrogens is 382 g/mol. The van der Waals surface area contributed by atoms with Crippen LogP contribution >= 0.6 is 11.8 Å². The first-order valence-electron chi connectivity index (χ1n) is 9.61. The molecule has 0 atom stereocenters. The molecule has 5 rings (SSSR count). The second-order valence-corrected chi connectivity index (χ2v) is 8.11. The quantitative estimate of drug-likeness (QED) is 0.457. The number of carbonyl (C=O) groups is 1. The SMILES string of the molecule is O=C(NC1CC1)c1cc(SCc2cc(-c3ccccc3)on2)nc2ccccc12. The summed E-state index contributed by atoms with van der Waals surface area (Å²) in [6.07, 6.45) is 2.12. The van der Waals surface area contributed by atoms with Crippen molar-refractivity contribution in [3.8, 4) is 11.3 Å². The van der Waals surface area contributed by atoms with Gasteiger partial charge < -0.3 is 9.84 Å². The summed E-state index contributed by atoms with van der Waals surface area (Å²) in [5.41, 5.74) is 3.34. The summed E-state index contributed by atoms with van der Waals surface area (Å²) < 4.78 is 5.47. The van der Waals surface area contributed by atoms with E-state index < -0.39 is 0 Å². The molecular formula is C23H19N3O2S. The minimum absolute atomic E-state index is 0.0271. The number of rotatable bonds is 6. The first-order chi connectivity index (χ1) is 14.3. The zero-order chi connectivity index (χ0) is 19.6. The number of benzene rings is 2. The van der Waals surface area contributed by atoms with E-state index in [-0.39, 0.29) is 5.91 Å². The standard InChI is InChI=1S/C23H19N3O2S/c27-23(24-16-10-11-16)19-13-22(25-20-9-5-4-8-18(19)20)29-14-17-12-21(28-26-17)15-6-2-1-3-7-15/h1-9,12-13,16H,10-11,14H2,(H,24,27). The molecule has 2 aromatic carbocycles. The molecule has 6 heteroatoms. The third-order valence-corrected chi connectivity index (χ3v) is 5.78. The number of para-hydroxylation sites is 1. The van der Waals surface area contributed by atoms with Crippen LogP contribution in [0.15, 0.2) is 76.3 Å². The summed E-state index contributed by atoms with van der Waals surface area (Å²) >= 11 is 1.55. The lowest BCUT2D eigenvalue weighted by atomic mass is 10.1. The van der Waals surface area contributed by atoms with Gasteiger partial charge in [0.15, 0.2) is 5.76 Å². The van der Waals surface area contributed by atoms with E-state index in [1.165, 1.54) is 0 Å². The lowest BCUT2D eigenvalue weighted by molar-refractivity contribution is 0.0952. The molecule has 0 saturated heterocycles. The fourth-order valence-corrected chi connectivity index (χ4v) is 3.97. The van der Waals surface area contributed by atoms with E-state index in [9.17, 15) is 4.79 Å². The number of aromatic nitrogens is 2. The monoisotopic (exact) mass is 401 g/mol. The molecule has 0 unspecified atom stereocenters. The average Bonchev–Trinajstić information content (AvgIpc) is 3.45. The van der Waals surface area contributed by atoms with Crippen molar-refractivity contribution < 1.29 is 9.32 Å². The molecule has 1 aliphatic rings. The van der Waals surface area contributed by atoms with Crippen molar-refractivity contribution in [2.24, 2.45) is 0 Å². The third kappa shape index (κ3) is 4.03.